The van der Waals surface area contributed by atoms with Crippen molar-refractivity contribution in [3.05, 3.63) is 51.7 Å². The maximum Gasteiger partial charge on any atom is 0.200 e. The molecule has 5 rings (SSSR count). The van der Waals surface area contributed by atoms with Gasteiger partial charge in [0.15, 0.2) is 0 Å². The Kier molecular flexibility index (Phi) is 2.23. The van der Waals surface area contributed by atoms with Crippen LogP contribution in [0.1, 0.15) is 11.1 Å². The van der Waals surface area contributed by atoms with E-state index in [4.69, 9.17) is 13.9 Å². The van der Waals surface area contributed by atoms with E-state index >= 15 is 0 Å². The number of hydrogen-bond donors (Lipinski definition) is 0. The van der Waals surface area contributed by atoms with Crippen LogP contribution in [-0.4, -0.2) is 13.2 Å². The number of rotatable bonds is 0. The zero-order chi connectivity index (χ0) is 14.7. The highest BCUT2D eigenvalue weighted by molar-refractivity contribution is 5.94. The maximum atomic E-state index is 12.8. The Morgan fingerprint density at radius 3 is 2.91 bits per heavy atom. The smallest absolute Gasteiger partial charge is 0.200 e. The summed E-state index contributed by atoms with van der Waals surface area (Å²) >= 11 is 0. The van der Waals surface area contributed by atoms with Gasteiger partial charge in [0.05, 0.1) is 17.4 Å². The molecule has 4 heteroatoms. The highest BCUT2D eigenvalue weighted by Crippen LogP contribution is 2.35. The summed E-state index contributed by atoms with van der Waals surface area (Å²) in [7, 11) is 0. The second-order valence-electron chi connectivity index (χ2n) is 5.55. The first-order chi connectivity index (χ1) is 10.8. The zero-order valence-corrected chi connectivity index (χ0v) is 11.7. The molecule has 0 radical (unpaired) electrons. The monoisotopic (exact) mass is 292 g/mol. The number of ether oxygens (including phenoxy) is 2. The highest BCUT2D eigenvalue weighted by Gasteiger charge is 2.20. The lowest BCUT2D eigenvalue weighted by Gasteiger charge is -2.13. The summed E-state index contributed by atoms with van der Waals surface area (Å²) in [6.07, 6.45) is 4.67. The Morgan fingerprint density at radius 1 is 1.00 bits per heavy atom. The van der Waals surface area contributed by atoms with Crippen molar-refractivity contribution < 1.29 is 13.9 Å². The minimum atomic E-state index is -0.00674. The second-order valence-corrected chi connectivity index (χ2v) is 5.55. The topological polar surface area (TPSA) is 48.7 Å². The van der Waals surface area contributed by atoms with Gasteiger partial charge in [0, 0.05) is 23.6 Å². The first kappa shape index (κ1) is 11.9. The Balaban J connectivity index is 1.94. The zero-order valence-electron chi connectivity index (χ0n) is 11.7. The van der Waals surface area contributed by atoms with E-state index in [-0.39, 0.29) is 5.43 Å². The number of fused-ring (bicyclic) bond motifs is 5. The quantitative estimate of drug-likeness (QED) is 0.597. The third-order valence-electron chi connectivity index (χ3n) is 4.27. The van der Waals surface area contributed by atoms with E-state index in [9.17, 15) is 4.79 Å². The van der Waals surface area contributed by atoms with Gasteiger partial charge in [-0.15, -0.1) is 0 Å². The fourth-order valence-electron chi connectivity index (χ4n) is 3.20. The van der Waals surface area contributed by atoms with E-state index < -0.39 is 0 Å². The molecule has 0 fully saturated rings. The lowest BCUT2D eigenvalue weighted by molar-refractivity contribution is 0.357. The van der Waals surface area contributed by atoms with Crippen LogP contribution in [0.5, 0.6) is 11.5 Å². The van der Waals surface area contributed by atoms with Crippen LogP contribution in [0.4, 0.5) is 0 Å². The maximum absolute atomic E-state index is 12.8. The Labute approximate surface area is 125 Å². The summed E-state index contributed by atoms with van der Waals surface area (Å²) in [5.74, 6) is 1.56. The van der Waals surface area contributed by atoms with Crippen LogP contribution < -0.4 is 14.9 Å². The van der Waals surface area contributed by atoms with Gasteiger partial charge in [-0.2, -0.15) is 0 Å². The SMILES string of the molecule is O=c1c2cc3c(cc2oc2c4c(ccc12)OCC4)OCC=C3. The van der Waals surface area contributed by atoms with Gasteiger partial charge in [0.25, 0.3) is 0 Å². The lowest BCUT2D eigenvalue weighted by atomic mass is 10.0. The van der Waals surface area contributed by atoms with Crippen LogP contribution in [0, 0.1) is 0 Å². The first-order valence-corrected chi connectivity index (χ1v) is 7.30. The molecule has 0 unspecified atom stereocenters. The summed E-state index contributed by atoms with van der Waals surface area (Å²) in [6, 6.07) is 7.30. The summed E-state index contributed by atoms with van der Waals surface area (Å²) in [6.45, 7) is 1.17. The molecule has 2 aliphatic heterocycles. The Bertz CT molecular complexity index is 1030. The van der Waals surface area contributed by atoms with E-state index in [2.05, 4.69) is 0 Å². The first-order valence-electron chi connectivity index (χ1n) is 7.30. The van der Waals surface area contributed by atoms with E-state index in [1.54, 1.807) is 6.07 Å². The van der Waals surface area contributed by atoms with Crippen LogP contribution in [0.2, 0.25) is 0 Å². The van der Waals surface area contributed by atoms with E-state index in [0.29, 0.717) is 35.2 Å². The van der Waals surface area contributed by atoms with Crippen molar-refractivity contribution in [2.75, 3.05) is 13.2 Å². The van der Waals surface area contributed by atoms with Crippen molar-refractivity contribution in [3.63, 3.8) is 0 Å². The highest BCUT2D eigenvalue weighted by atomic mass is 16.5. The normalized spacial score (nSPS) is 15.5. The van der Waals surface area contributed by atoms with Crippen LogP contribution in [0.3, 0.4) is 0 Å². The molecule has 0 amide bonds. The van der Waals surface area contributed by atoms with E-state index in [0.717, 1.165) is 29.0 Å². The van der Waals surface area contributed by atoms with Crippen molar-refractivity contribution in [2.45, 2.75) is 6.42 Å². The van der Waals surface area contributed by atoms with Gasteiger partial charge in [-0.25, -0.2) is 0 Å². The molecule has 0 saturated carbocycles. The van der Waals surface area contributed by atoms with Crippen molar-refractivity contribution >= 4 is 28.0 Å². The molecule has 0 bridgehead atoms. The standard InChI is InChI=1S/C18H12O4/c19-17-12-3-4-14-11(5-7-21-14)18(12)22-16-9-15-10(8-13(16)17)2-1-6-20-15/h1-4,8-9H,5-7H2. The molecular weight excluding hydrogens is 280 g/mol. The van der Waals surface area contributed by atoms with Gasteiger partial charge in [0.1, 0.15) is 29.3 Å². The van der Waals surface area contributed by atoms with E-state index in [1.165, 1.54) is 0 Å². The van der Waals surface area contributed by atoms with Gasteiger partial charge in [-0.1, -0.05) is 6.08 Å². The molecule has 3 heterocycles. The molecule has 0 spiro atoms. The van der Waals surface area contributed by atoms with Gasteiger partial charge in [-0.05, 0) is 24.3 Å². The fraction of sp³-hybridized carbons (Fsp3) is 0.167. The van der Waals surface area contributed by atoms with Gasteiger partial charge < -0.3 is 13.9 Å². The average Bonchev–Trinajstić information content (AvgIpc) is 3.03. The van der Waals surface area contributed by atoms with Crippen LogP contribution >= 0.6 is 0 Å². The molecule has 2 aromatic carbocycles. The van der Waals surface area contributed by atoms with Crippen molar-refractivity contribution in [3.8, 4) is 11.5 Å². The Hall–Kier alpha value is -2.75. The molecule has 0 atom stereocenters. The predicted molar refractivity (Wildman–Crippen MR) is 83.7 cm³/mol. The Morgan fingerprint density at radius 2 is 1.95 bits per heavy atom. The van der Waals surface area contributed by atoms with Crippen molar-refractivity contribution in [2.24, 2.45) is 0 Å². The summed E-state index contributed by atoms with van der Waals surface area (Å²) in [5.41, 5.74) is 3.09. The number of benzene rings is 2. The molecule has 2 aliphatic rings. The molecule has 22 heavy (non-hydrogen) atoms. The van der Waals surface area contributed by atoms with Gasteiger partial charge in [-0.3, -0.25) is 4.79 Å². The molecule has 0 saturated heterocycles. The molecular formula is C18H12O4. The van der Waals surface area contributed by atoms with Crippen molar-refractivity contribution in [1.82, 2.24) is 0 Å². The molecule has 108 valence electrons. The second kappa shape index (κ2) is 4.13. The number of hydrogen-bond acceptors (Lipinski definition) is 4. The van der Waals surface area contributed by atoms with Gasteiger partial charge >= 0.3 is 0 Å². The third-order valence-corrected chi connectivity index (χ3v) is 4.27. The van der Waals surface area contributed by atoms with Gasteiger partial charge in [0.2, 0.25) is 5.43 Å². The summed E-state index contributed by atoms with van der Waals surface area (Å²) < 4.78 is 17.2. The molecule has 1 aromatic heterocycles. The lowest BCUT2D eigenvalue weighted by Crippen LogP contribution is -2.06. The average molecular weight is 292 g/mol. The minimum Gasteiger partial charge on any atom is -0.493 e. The molecule has 0 aliphatic carbocycles. The molecule has 3 aromatic rings. The summed E-state index contributed by atoms with van der Waals surface area (Å²) in [4.78, 5) is 12.8. The summed E-state index contributed by atoms with van der Waals surface area (Å²) in [5, 5.41) is 1.19. The van der Waals surface area contributed by atoms with Crippen LogP contribution in [0.25, 0.3) is 28.0 Å². The largest absolute Gasteiger partial charge is 0.493 e. The fourth-order valence-corrected chi connectivity index (χ4v) is 3.20. The van der Waals surface area contributed by atoms with Crippen molar-refractivity contribution in [1.29, 1.82) is 0 Å². The third kappa shape index (κ3) is 1.49. The van der Waals surface area contributed by atoms with Crippen LogP contribution in [0.15, 0.2) is 39.6 Å². The van der Waals surface area contributed by atoms with E-state index in [1.807, 2.05) is 30.4 Å². The predicted octanol–water partition coefficient (Wildman–Crippen LogP) is 3.29. The van der Waals surface area contributed by atoms with Crippen LogP contribution in [-0.2, 0) is 6.42 Å². The minimum absolute atomic E-state index is 0.00674. The molecule has 0 N–H and O–H groups in total. The molecule has 4 nitrogen and oxygen atoms in total.